The first-order valence-corrected chi connectivity index (χ1v) is 7.93. The number of hydrogen-bond acceptors (Lipinski definition) is 3. The van der Waals surface area contributed by atoms with Crippen LogP contribution in [0.15, 0.2) is 0 Å². The molecule has 3 saturated heterocycles. The highest BCUT2D eigenvalue weighted by molar-refractivity contribution is 5.84. The number of carbonyl (C=O) groups excluding carboxylic acids is 1. The van der Waals surface area contributed by atoms with E-state index in [1.54, 1.807) is 0 Å². The molecule has 0 bridgehead atoms. The molecule has 3 aliphatic heterocycles. The molecule has 1 N–H and O–H groups in total. The van der Waals surface area contributed by atoms with Gasteiger partial charge in [0.2, 0.25) is 5.91 Å². The maximum Gasteiger partial charge on any atom is 0.241 e. The molecule has 3 aliphatic rings. The topological polar surface area (TPSA) is 35.6 Å². The number of carbonyl (C=O) groups is 1. The van der Waals surface area contributed by atoms with Gasteiger partial charge in [-0.3, -0.25) is 10.1 Å². The Morgan fingerprint density at radius 3 is 2.89 bits per heavy atom. The van der Waals surface area contributed by atoms with Gasteiger partial charge >= 0.3 is 0 Å². The predicted molar refractivity (Wildman–Crippen MR) is 75.7 cm³/mol. The third-order valence-corrected chi connectivity index (χ3v) is 5.03. The summed E-state index contributed by atoms with van der Waals surface area (Å²) in [5, 5.41) is 3.41. The highest BCUT2D eigenvalue weighted by Crippen LogP contribution is 2.30. The van der Waals surface area contributed by atoms with Gasteiger partial charge in [-0.15, -0.1) is 0 Å². The van der Waals surface area contributed by atoms with Crippen molar-refractivity contribution < 1.29 is 4.79 Å². The lowest BCUT2D eigenvalue weighted by Crippen LogP contribution is -2.48. The molecule has 0 aromatic carbocycles. The fraction of sp³-hybridized carbons (Fsp3) is 0.933. The monoisotopic (exact) mass is 265 g/mol. The lowest BCUT2D eigenvalue weighted by atomic mass is 9.96. The molecule has 3 heterocycles. The fourth-order valence-corrected chi connectivity index (χ4v) is 4.02. The van der Waals surface area contributed by atoms with Gasteiger partial charge in [-0.1, -0.05) is 13.8 Å². The molecule has 4 heteroatoms. The van der Waals surface area contributed by atoms with Gasteiger partial charge in [-0.25, -0.2) is 0 Å². The van der Waals surface area contributed by atoms with Crippen LogP contribution in [-0.2, 0) is 4.79 Å². The molecule has 0 radical (unpaired) electrons. The van der Waals surface area contributed by atoms with Crippen molar-refractivity contribution in [1.82, 2.24) is 15.1 Å². The molecule has 108 valence electrons. The third-order valence-electron chi connectivity index (χ3n) is 5.03. The summed E-state index contributed by atoms with van der Waals surface area (Å²) in [6.45, 7) is 7.62. The highest BCUT2D eigenvalue weighted by Gasteiger charge is 2.40. The Labute approximate surface area is 116 Å². The van der Waals surface area contributed by atoms with Crippen LogP contribution in [0.4, 0.5) is 0 Å². The van der Waals surface area contributed by atoms with Gasteiger partial charge in [0.05, 0.1) is 12.7 Å². The van der Waals surface area contributed by atoms with E-state index in [0.29, 0.717) is 17.9 Å². The van der Waals surface area contributed by atoms with E-state index in [4.69, 9.17) is 0 Å². The zero-order valence-electron chi connectivity index (χ0n) is 12.3. The van der Waals surface area contributed by atoms with E-state index in [-0.39, 0.29) is 6.04 Å². The number of fused-ring (bicyclic) bond motifs is 1. The molecule has 3 fully saturated rings. The number of nitrogens with one attached hydrogen (secondary N) is 1. The van der Waals surface area contributed by atoms with Gasteiger partial charge in [-0.2, -0.15) is 0 Å². The summed E-state index contributed by atoms with van der Waals surface area (Å²) in [6.07, 6.45) is 6.01. The normalized spacial score (nSPS) is 36.3. The van der Waals surface area contributed by atoms with Gasteiger partial charge in [0, 0.05) is 18.6 Å². The highest BCUT2D eigenvalue weighted by atomic mass is 16.2. The van der Waals surface area contributed by atoms with E-state index >= 15 is 0 Å². The number of piperidine rings is 1. The molecule has 0 saturated carbocycles. The average Bonchev–Trinajstić information content (AvgIpc) is 2.96. The summed E-state index contributed by atoms with van der Waals surface area (Å²) in [5.74, 6) is 0.934. The maximum atomic E-state index is 12.5. The smallest absolute Gasteiger partial charge is 0.241 e. The number of nitrogens with zero attached hydrogens (tertiary/aromatic N) is 2. The number of hydrogen-bond donors (Lipinski definition) is 1. The Kier molecular flexibility index (Phi) is 3.81. The van der Waals surface area contributed by atoms with E-state index < -0.39 is 0 Å². The van der Waals surface area contributed by atoms with Crippen LogP contribution < -0.4 is 5.32 Å². The molecule has 3 atom stereocenters. The van der Waals surface area contributed by atoms with Crippen molar-refractivity contribution in [2.75, 3.05) is 19.8 Å². The quantitative estimate of drug-likeness (QED) is 0.838. The van der Waals surface area contributed by atoms with E-state index in [9.17, 15) is 4.79 Å². The average molecular weight is 265 g/mol. The van der Waals surface area contributed by atoms with Crippen LogP contribution in [0.1, 0.15) is 46.0 Å². The van der Waals surface area contributed by atoms with Crippen LogP contribution >= 0.6 is 0 Å². The number of amides is 1. The molecule has 3 unspecified atom stereocenters. The summed E-state index contributed by atoms with van der Waals surface area (Å²) < 4.78 is 0. The fourth-order valence-electron chi connectivity index (χ4n) is 4.02. The zero-order valence-corrected chi connectivity index (χ0v) is 12.3. The molecule has 0 spiro atoms. The maximum absolute atomic E-state index is 12.5. The first kappa shape index (κ1) is 13.4. The van der Waals surface area contributed by atoms with E-state index in [1.165, 1.54) is 32.4 Å². The molecule has 0 aliphatic carbocycles. The third kappa shape index (κ3) is 2.65. The Balaban J connectivity index is 1.59. The summed E-state index contributed by atoms with van der Waals surface area (Å²) in [6, 6.07) is 1.30. The molecule has 0 aromatic heterocycles. The second-order valence-electron chi connectivity index (χ2n) is 6.86. The molecular weight excluding hydrogens is 238 g/mol. The summed E-state index contributed by atoms with van der Waals surface area (Å²) in [4.78, 5) is 17.2. The van der Waals surface area contributed by atoms with Crippen molar-refractivity contribution in [3.8, 4) is 0 Å². The first-order valence-electron chi connectivity index (χ1n) is 7.93. The zero-order chi connectivity index (χ0) is 13.4. The summed E-state index contributed by atoms with van der Waals surface area (Å²) >= 11 is 0. The van der Waals surface area contributed by atoms with E-state index in [0.717, 1.165) is 25.6 Å². The minimum Gasteiger partial charge on any atom is -0.325 e. The minimum atomic E-state index is 0.0709. The summed E-state index contributed by atoms with van der Waals surface area (Å²) in [7, 11) is 0. The van der Waals surface area contributed by atoms with E-state index in [1.807, 2.05) is 0 Å². The Hall–Kier alpha value is -0.610. The molecular formula is C15H27N3O. The second kappa shape index (κ2) is 5.41. The van der Waals surface area contributed by atoms with Crippen LogP contribution in [0.3, 0.4) is 0 Å². The van der Waals surface area contributed by atoms with Gasteiger partial charge in [0.25, 0.3) is 0 Å². The van der Waals surface area contributed by atoms with Crippen molar-refractivity contribution >= 4 is 5.91 Å². The lowest BCUT2D eigenvalue weighted by Gasteiger charge is -2.38. The van der Waals surface area contributed by atoms with Gasteiger partial charge < -0.3 is 9.80 Å². The SMILES string of the molecule is CC(C)CC1NCN(C2CCN3CCCC3C2)C1=O. The summed E-state index contributed by atoms with van der Waals surface area (Å²) in [5.41, 5.74) is 0. The lowest BCUT2D eigenvalue weighted by molar-refractivity contribution is -0.132. The van der Waals surface area contributed by atoms with Crippen LogP contribution in [0, 0.1) is 5.92 Å². The Morgan fingerprint density at radius 1 is 1.26 bits per heavy atom. The molecule has 1 amide bonds. The molecule has 3 rings (SSSR count). The van der Waals surface area contributed by atoms with Gasteiger partial charge in [0.15, 0.2) is 0 Å². The predicted octanol–water partition coefficient (Wildman–Crippen LogP) is 1.42. The molecule has 0 aromatic rings. The second-order valence-corrected chi connectivity index (χ2v) is 6.86. The standard InChI is InChI=1S/C15H27N3O/c1-11(2)8-14-15(19)18(10-16-14)13-5-7-17-6-3-4-12(17)9-13/h11-14,16H,3-10H2,1-2H3. The minimum absolute atomic E-state index is 0.0709. The van der Waals surface area contributed by atoms with Crippen LogP contribution in [0.2, 0.25) is 0 Å². The van der Waals surface area contributed by atoms with Crippen LogP contribution in [0.5, 0.6) is 0 Å². The van der Waals surface area contributed by atoms with Crippen LogP contribution in [-0.4, -0.2) is 53.6 Å². The van der Waals surface area contributed by atoms with Crippen LogP contribution in [0.25, 0.3) is 0 Å². The first-order chi connectivity index (χ1) is 9.15. The number of rotatable bonds is 3. The Bertz CT molecular complexity index is 344. The molecule has 19 heavy (non-hydrogen) atoms. The largest absolute Gasteiger partial charge is 0.325 e. The van der Waals surface area contributed by atoms with Crippen molar-refractivity contribution in [2.45, 2.75) is 64.1 Å². The van der Waals surface area contributed by atoms with Crippen molar-refractivity contribution in [2.24, 2.45) is 5.92 Å². The van der Waals surface area contributed by atoms with E-state index in [2.05, 4.69) is 29.0 Å². The van der Waals surface area contributed by atoms with Crippen molar-refractivity contribution in [3.63, 3.8) is 0 Å². The van der Waals surface area contributed by atoms with Gasteiger partial charge in [0.1, 0.15) is 0 Å². The van der Waals surface area contributed by atoms with Gasteiger partial charge in [-0.05, 0) is 44.6 Å². The van der Waals surface area contributed by atoms with Crippen molar-refractivity contribution in [3.05, 3.63) is 0 Å². The van der Waals surface area contributed by atoms with Crippen molar-refractivity contribution in [1.29, 1.82) is 0 Å². The molecule has 4 nitrogen and oxygen atoms in total. The Morgan fingerprint density at radius 2 is 2.11 bits per heavy atom.